The van der Waals surface area contributed by atoms with E-state index in [0.29, 0.717) is 30.9 Å². The van der Waals surface area contributed by atoms with E-state index in [1.807, 2.05) is 0 Å². The second-order valence-corrected chi connectivity index (χ2v) is 5.72. The van der Waals surface area contributed by atoms with Crippen LogP contribution in [0.2, 0.25) is 0 Å². The van der Waals surface area contributed by atoms with Crippen LogP contribution < -0.4 is 15.2 Å². The van der Waals surface area contributed by atoms with Crippen molar-refractivity contribution in [3.8, 4) is 17.2 Å². The molecule has 1 aliphatic heterocycles. The summed E-state index contributed by atoms with van der Waals surface area (Å²) in [4.78, 5) is 0. The quantitative estimate of drug-likeness (QED) is 0.776. The zero-order chi connectivity index (χ0) is 14.3. The summed E-state index contributed by atoms with van der Waals surface area (Å²) < 4.78 is 11.4. The summed E-state index contributed by atoms with van der Waals surface area (Å²) in [6.45, 7) is 0.520. The summed E-state index contributed by atoms with van der Waals surface area (Å²) in [5, 5.41) is 20.2. The molecule has 1 saturated carbocycles. The first-order valence-electron chi connectivity index (χ1n) is 7.07. The molecule has 1 fully saturated rings. The van der Waals surface area contributed by atoms with Crippen LogP contribution in [0.3, 0.4) is 0 Å². The van der Waals surface area contributed by atoms with E-state index in [1.54, 1.807) is 19.2 Å². The van der Waals surface area contributed by atoms with Gasteiger partial charge in [-0.05, 0) is 37.9 Å². The number of aromatic hydroxyl groups is 1. The molecule has 1 aromatic rings. The predicted octanol–water partition coefficient (Wildman–Crippen LogP) is 1.29. The molecular weight excluding hydrogens is 258 g/mol. The van der Waals surface area contributed by atoms with Gasteiger partial charge >= 0.3 is 0 Å². The van der Waals surface area contributed by atoms with Crippen LogP contribution in [0.25, 0.3) is 0 Å². The number of ether oxygens (including phenoxy) is 2. The molecular formula is C15H21NO4. The van der Waals surface area contributed by atoms with Crippen molar-refractivity contribution in [1.29, 1.82) is 0 Å². The topological polar surface area (TPSA) is 84.9 Å². The normalized spacial score (nSPS) is 31.4. The van der Waals surface area contributed by atoms with E-state index in [-0.39, 0.29) is 23.4 Å². The fourth-order valence-electron chi connectivity index (χ4n) is 3.75. The van der Waals surface area contributed by atoms with Gasteiger partial charge < -0.3 is 25.4 Å². The van der Waals surface area contributed by atoms with Crippen molar-refractivity contribution in [3.63, 3.8) is 0 Å². The number of phenols is 1. The first kappa shape index (κ1) is 13.5. The highest BCUT2D eigenvalue weighted by Gasteiger charge is 2.53. The molecule has 4 N–H and O–H groups in total. The molecule has 5 heteroatoms. The van der Waals surface area contributed by atoms with Crippen LogP contribution in [0.1, 0.15) is 31.2 Å². The van der Waals surface area contributed by atoms with Gasteiger partial charge in [-0.2, -0.15) is 0 Å². The summed E-state index contributed by atoms with van der Waals surface area (Å²) in [6, 6.07) is 3.35. The standard InChI is InChI=1S/C15H21NO4/c1-19-11-3-2-10(18)13-14(11)20-12-8-9(17)4-5-15(12,13)6-7-16/h2-3,9,12,17-18H,4-8,16H2,1H3/t9-,12+,15+/m1/s1. The first-order chi connectivity index (χ1) is 9.62. The number of fused-ring (bicyclic) bond motifs is 3. The van der Waals surface area contributed by atoms with Crippen molar-refractivity contribution < 1.29 is 19.7 Å². The molecule has 0 bridgehead atoms. The maximum absolute atomic E-state index is 10.3. The predicted molar refractivity (Wildman–Crippen MR) is 74.3 cm³/mol. The second kappa shape index (κ2) is 4.82. The lowest BCUT2D eigenvalue weighted by atomic mass is 9.65. The van der Waals surface area contributed by atoms with Crippen LogP contribution in [-0.2, 0) is 5.41 Å². The Morgan fingerprint density at radius 3 is 3.00 bits per heavy atom. The van der Waals surface area contributed by atoms with Crippen molar-refractivity contribution >= 4 is 0 Å². The minimum absolute atomic E-state index is 0.146. The molecule has 1 aliphatic carbocycles. The third kappa shape index (κ3) is 1.77. The van der Waals surface area contributed by atoms with Crippen LogP contribution in [0.15, 0.2) is 12.1 Å². The number of hydrogen-bond acceptors (Lipinski definition) is 5. The number of benzene rings is 1. The van der Waals surface area contributed by atoms with Gasteiger partial charge in [0.2, 0.25) is 0 Å². The zero-order valence-corrected chi connectivity index (χ0v) is 11.6. The van der Waals surface area contributed by atoms with Gasteiger partial charge in [0.1, 0.15) is 11.9 Å². The summed E-state index contributed by atoms with van der Waals surface area (Å²) in [5.41, 5.74) is 6.29. The van der Waals surface area contributed by atoms with Gasteiger partial charge in [-0.25, -0.2) is 0 Å². The van der Waals surface area contributed by atoms with Gasteiger partial charge in [-0.3, -0.25) is 0 Å². The monoisotopic (exact) mass is 279 g/mol. The molecule has 0 aromatic heterocycles. The Morgan fingerprint density at radius 2 is 2.30 bits per heavy atom. The molecule has 0 unspecified atom stereocenters. The number of rotatable bonds is 3. The average Bonchev–Trinajstić information content (AvgIpc) is 2.75. The Morgan fingerprint density at radius 1 is 1.50 bits per heavy atom. The number of nitrogens with two attached hydrogens (primary N) is 1. The molecule has 110 valence electrons. The molecule has 3 atom stereocenters. The van der Waals surface area contributed by atoms with E-state index in [9.17, 15) is 10.2 Å². The largest absolute Gasteiger partial charge is 0.508 e. The number of aliphatic hydroxyl groups excluding tert-OH is 1. The highest BCUT2D eigenvalue weighted by atomic mass is 16.5. The van der Waals surface area contributed by atoms with Crippen molar-refractivity contribution in [1.82, 2.24) is 0 Å². The molecule has 20 heavy (non-hydrogen) atoms. The maximum Gasteiger partial charge on any atom is 0.169 e. The van der Waals surface area contributed by atoms with Gasteiger partial charge in [0.15, 0.2) is 11.5 Å². The molecule has 0 amide bonds. The van der Waals surface area contributed by atoms with E-state index in [0.717, 1.165) is 18.4 Å². The highest BCUT2D eigenvalue weighted by molar-refractivity contribution is 5.60. The van der Waals surface area contributed by atoms with E-state index in [2.05, 4.69) is 0 Å². The fraction of sp³-hybridized carbons (Fsp3) is 0.600. The van der Waals surface area contributed by atoms with Gasteiger partial charge in [-0.1, -0.05) is 0 Å². The van der Waals surface area contributed by atoms with Crippen molar-refractivity contribution in [3.05, 3.63) is 17.7 Å². The molecule has 1 aromatic carbocycles. The van der Waals surface area contributed by atoms with Crippen molar-refractivity contribution in [2.45, 2.75) is 43.3 Å². The SMILES string of the molecule is COc1ccc(O)c2c1O[C@H]1C[C@H](O)CC[C@@]21CCN. The lowest BCUT2D eigenvalue weighted by Crippen LogP contribution is -2.46. The van der Waals surface area contributed by atoms with Crippen LogP contribution >= 0.6 is 0 Å². The number of aliphatic hydroxyl groups is 1. The van der Waals surface area contributed by atoms with Crippen LogP contribution in [0.4, 0.5) is 0 Å². The fourth-order valence-corrected chi connectivity index (χ4v) is 3.75. The van der Waals surface area contributed by atoms with Gasteiger partial charge in [-0.15, -0.1) is 0 Å². The Hall–Kier alpha value is -1.46. The second-order valence-electron chi connectivity index (χ2n) is 5.72. The van der Waals surface area contributed by atoms with Crippen molar-refractivity contribution in [2.24, 2.45) is 5.73 Å². The molecule has 5 nitrogen and oxygen atoms in total. The molecule has 0 saturated heterocycles. The Labute approximate surface area is 118 Å². The Balaban J connectivity index is 2.14. The minimum Gasteiger partial charge on any atom is -0.508 e. The summed E-state index contributed by atoms with van der Waals surface area (Å²) in [7, 11) is 1.59. The van der Waals surface area contributed by atoms with Crippen molar-refractivity contribution in [2.75, 3.05) is 13.7 Å². The third-order valence-electron chi connectivity index (χ3n) is 4.69. The first-order valence-corrected chi connectivity index (χ1v) is 7.07. The molecule has 3 rings (SSSR count). The number of methoxy groups -OCH3 is 1. The number of hydrogen-bond donors (Lipinski definition) is 3. The molecule has 2 aliphatic rings. The smallest absolute Gasteiger partial charge is 0.169 e. The maximum atomic E-state index is 10.3. The zero-order valence-electron chi connectivity index (χ0n) is 11.6. The van der Waals surface area contributed by atoms with Gasteiger partial charge in [0.05, 0.1) is 13.2 Å². The minimum atomic E-state index is -0.353. The lowest BCUT2D eigenvalue weighted by Gasteiger charge is -2.40. The van der Waals surface area contributed by atoms with Crippen LogP contribution in [0.5, 0.6) is 17.2 Å². The summed E-state index contributed by atoms with van der Waals surface area (Å²) >= 11 is 0. The van der Waals surface area contributed by atoms with Crippen LogP contribution in [0, 0.1) is 0 Å². The Bertz CT molecular complexity index is 519. The number of phenolic OH excluding ortho intramolecular Hbond substituents is 1. The average molecular weight is 279 g/mol. The summed E-state index contributed by atoms with van der Waals surface area (Å²) in [5.74, 6) is 1.46. The lowest BCUT2D eigenvalue weighted by molar-refractivity contribution is 0.0140. The highest BCUT2D eigenvalue weighted by Crippen LogP contribution is 2.57. The third-order valence-corrected chi connectivity index (χ3v) is 4.69. The molecule has 1 heterocycles. The van der Waals surface area contributed by atoms with E-state index >= 15 is 0 Å². The molecule has 0 radical (unpaired) electrons. The van der Waals surface area contributed by atoms with E-state index in [1.165, 1.54) is 0 Å². The van der Waals surface area contributed by atoms with E-state index in [4.69, 9.17) is 15.2 Å². The molecule has 0 spiro atoms. The van der Waals surface area contributed by atoms with Gasteiger partial charge in [0.25, 0.3) is 0 Å². The summed E-state index contributed by atoms with van der Waals surface area (Å²) in [6.07, 6.45) is 2.27. The Kier molecular flexibility index (Phi) is 3.26. The van der Waals surface area contributed by atoms with E-state index < -0.39 is 0 Å². The van der Waals surface area contributed by atoms with Crippen LogP contribution in [-0.4, -0.2) is 36.1 Å². The van der Waals surface area contributed by atoms with Gasteiger partial charge in [0, 0.05) is 17.4 Å².